The number of ether oxygens (including phenoxy) is 3. The number of aryl methyl sites for hydroxylation is 1. The summed E-state index contributed by atoms with van der Waals surface area (Å²) in [6.45, 7) is 6.71. The highest BCUT2D eigenvalue weighted by Gasteiger charge is 2.55. The summed E-state index contributed by atoms with van der Waals surface area (Å²) in [7, 11) is -3.86. The lowest BCUT2D eigenvalue weighted by Crippen LogP contribution is -2.60. The first-order valence-corrected chi connectivity index (χ1v) is 10.7. The maximum atomic E-state index is 12.8. The summed E-state index contributed by atoms with van der Waals surface area (Å²) in [4.78, 5) is 11.3. The summed E-state index contributed by atoms with van der Waals surface area (Å²) in [6, 6.07) is 5.57. The molecule has 1 saturated carbocycles. The number of fused-ring (bicyclic) bond motifs is 1. The number of carbonyl (C=O) groups excluding carboxylic acids is 1. The highest BCUT2D eigenvalue weighted by molar-refractivity contribution is 7.89. The third-order valence-corrected chi connectivity index (χ3v) is 6.54. The van der Waals surface area contributed by atoms with Crippen molar-refractivity contribution in [1.29, 1.82) is 0 Å². The van der Waals surface area contributed by atoms with Crippen LogP contribution in [0.2, 0.25) is 0 Å². The van der Waals surface area contributed by atoms with Crippen molar-refractivity contribution in [1.82, 2.24) is 4.72 Å². The van der Waals surface area contributed by atoms with Crippen LogP contribution in [-0.2, 0) is 29.0 Å². The van der Waals surface area contributed by atoms with E-state index in [2.05, 4.69) is 4.72 Å². The lowest BCUT2D eigenvalue weighted by Gasteiger charge is -2.40. The number of hydrogen-bond donors (Lipinski definition) is 2. The molecule has 1 aliphatic heterocycles. The summed E-state index contributed by atoms with van der Waals surface area (Å²) in [5.74, 6) is -1.67. The summed E-state index contributed by atoms with van der Waals surface area (Å²) < 4.78 is 45.2. The molecule has 0 radical (unpaired) electrons. The second-order valence-corrected chi connectivity index (χ2v) is 9.60. The van der Waals surface area contributed by atoms with Crippen molar-refractivity contribution in [2.24, 2.45) is 5.92 Å². The smallest absolute Gasteiger partial charge is 0.302 e. The van der Waals surface area contributed by atoms with Crippen molar-refractivity contribution in [3.05, 3.63) is 29.8 Å². The number of nitrogens with one attached hydrogen (secondary N) is 1. The van der Waals surface area contributed by atoms with E-state index in [-0.39, 0.29) is 23.8 Å². The molecule has 5 atom stereocenters. The molecule has 2 aliphatic rings. The van der Waals surface area contributed by atoms with E-state index in [9.17, 15) is 18.3 Å². The van der Waals surface area contributed by atoms with Crippen LogP contribution in [0.1, 0.15) is 32.8 Å². The molecule has 2 N–H and O–H groups in total. The van der Waals surface area contributed by atoms with E-state index in [0.29, 0.717) is 0 Å². The van der Waals surface area contributed by atoms with Gasteiger partial charge in [0.1, 0.15) is 6.10 Å². The molecule has 1 aliphatic carbocycles. The van der Waals surface area contributed by atoms with Gasteiger partial charge in [-0.3, -0.25) is 4.79 Å². The molecule has 28 heavy (non-hydrogen) atoms. The van der Waals surface area contributed by atoms with Gasteiger partial charge in [-0.2, -0.15) is 0 Å². The molecule has 0 aromatic heterocycles. The van der Waals surface area contributed by atoms with Crippen LogP contribution in [0.25, 0.3) is 0 Å². The Balaban J connectivity index is 1.83. The van der Waals surface area contributed by atoms with Gasteiger partial charge in [-0.25, -0.2) is 13.1 Å². The SMILES string of the molecule is CC(=O)OC[C@H]1C[C@H](O)[C@H](NS(=O)(=O)c2ccc(C)cc2)[C@H]2OC(C)(C)O[C@@H]12. The molecular formula is C19H27NO7S. The number of aliphatic hydroxyl groups is 1. The van der Waals surface area contributed by atoms with Crippen LogP contribution in [0.5, 0.6) is 0 Å². The van der Waals surface area contributed by atoms with E-state index >= 15 is 0 Å². The molecule has 0 spiro atoms. The zero-order valence-electron chi connectivity index (χ0n) is 16.4. The monoisotopic (exact) mass is 413 g/mol. The van der Waals surface area contributed by atoms with E-state index in [4.69, 9.17) is 14.2 Å². The van der Waals surface area contributed by atoms with Gasteiger partial charge in [0.15, 0.2) is 5.79 Å². The Morgan fingerprint density at radius 2 is 1.86 bits per heavy atom. The second-order valence-electron chi connectivity index (χ2n) is 7.89. The summed E-state index contributed by atoms with van der Waals surface area (Å²) in [6.07, 6.45) is -2.02. The Morgan fingerprint density at radius 1 is 1.25 bits per heavy atom. The standard InChI is InChI=1S/C19H27NO7S/c1-11-5-7-14(8-6-11)28(23,24)20-16-15(22)9-13(10-25-12(2)21)17-18(16)27-19(3,4)26-17/h5-8,13,15-18,20,22H,9-10H2,1-4H3/t13-,15+,16+,17+,18-/m1/s1. The predicted molar refractivity (Wildman–Crippen MR) is 99.9 cm³/mol. The molecule has 1 heterocycles. The van der Waals surface area contributed by atoms with Gasteiger partial charge in [0.05, 0.1) is 29.8 Å². The molecule has 3 rings (SSSR count). The number of aliphatic hydroxyl groups excluding tert-OH is 1. The van der Waals surface area contributed by atoms with Crippen LogP contribution in [0, 0.1) is 12.8 Å². The fourth-order valence-electron chi connectivity index (χ4n) is 3.77. The van der Waals surface area contributed by atoms with Crippen molar-refractivity contribution in [3.63, 3.8) is 0 Å². The molecule has 2 fully saturated rings. The number of esters is 1. The van der Waals surface area contributed by atoms with Crippen LogP contribution in [-0.4, -0.2) is 56.2 Å². The molecule has 0 unspecified atom stereocenters. The third kappa shape index (κ3) is 4.55. The van der Waals surface area contributed by atoms with E-state index in [0.717, 1.165) is 5.56 Å². The molecule has 9 heteroatoms. The van der Waals surface area contributed by atoms with Crippen molar-refractivity contribution >= 4 is 16.0 Å². The van der Waals surface area contributed by atoms with Crippen LogP contribution < -0.4 is 4.72 Å². The Bertz CT molecular complexity index is 821. The topological polar surface area (TPSA) is 111 Å². The van der Waals surface area contributed by atoms with E-state index < -0.39 is 46.1 Å². The van der Waals surface area contributed by atoms with Crippen LogP contribution in [0.4, 0.5) is 0 Å². The van der Waals surface area contributed by atoms with Gasteiger partial charge in [-0.15, -0.1) is 0 Å². The summed E-state index contributed by atoms with van der Waals surface area (Å²) in [5.41, 5.74) is 0.944. The van der Waals surface area contributed by atoms with E-state index in [1.165, 1.54) is 19.1 Å². The van der Waals surface area contributed by atoms with Crippen molar-refractivity contribution in [2.45, 2.75) is 69.2 Å². The first kappa shape index (κ1) is 21.2. The van der Waals surface area contributed by atoms with Gasteiger partial charge >= 0.3 is 5.97 Å². The highest BCUT2D eigenvalue weighted by Crippen LogP contribution is 2.40. The molecule has 0 bridgehead atoms. The number of benzene rings is 1. The largest absolute Gasteiger partial charge is 0.465 e. The van der Waals surface area contributed by atoms with Gasteiger partial charge in [0, 0.05) is 12.8 Å². The van der Waals surface area contributed by atoms with Gasteiger partial charge in [0.2, 0.25) is 10.0 Å². The minimum Gasteiger partial charge on any atom is -0.465 e. The van der Waals surface area contributed by atoms with Crippen LogP contribution in [0.15, 0.2) is 29.2 Å². The van der Waals surface area contributed by atoms with Gasteiger partial charge in [-0.05, 0) is 39.3 Å². The number of rotatable bonds is 5. The fourth-order valence-corrected chi connectivity index (χ4v) is 5.05. The molecule has 1 aromatic rings. The number of carbonyl (C=O) groups is 1. The minimum atomic E-state index is -3.86. The molecule has 1 saturated heterocycles. The Labute approximate surface area is 165 Å². The Morgan fingerprint density at radius 3 is 2.46 bits per heavy atom. The number of hydrogen-bond acceptors (Lipinski definition) is 7. The van der Waals surface area contributed by atoms with Crippen LogP contribution >= 0.6 is 0 Å². The highest BCUT2D eigenvalue weighted by atomic mass is 32.2. The first-order chi connectivity index (χ1) is 13.0. The van der Waals surface area contributed by atoms with Gasteiger partial charge in [-0.1, -0.05) is 17.7 Å². The maximum Gasteiger partial charge on any atom is 0.302 e. The lowest BCUT2D eigenvalue weighted by molar-refractivity contribution is -0.154. The summed E-state index contributed by atoms with van der Waals surface area (Å²) in [5, 5.41) is 10.7. The second kappa shape index (κ2) is 7.72. The number of sulfonamides is 1. The normalized spacial score (nSPS) is 32.0. The molecule has 1 aromatic carbocycles. The van der Waals surface area contributed by atoms with Crippen molar-refractivity contribution in [2.75, 3.05) is 6.61 Å². The maximum absolute atomic E-state index is 12.8. The van der Waals surface area contributed by atoms with E-state index in [1.54, 1.807) is 26.0 Å². The fraction of sp³-hybridized carbons (Fsp3) is 0.632. The first-order valence-electron chi connectivity index (χ1n) is 9.24. The Kier molecular flexibility index (Phi) is 5.84. The van der Waals surface area contributed by atoms with Crippen LogP contribution in [0.3, 0.4) is 0 Å². The molecular weight excluding hydrogens is 386 g/mol. The molecule has 8 nitrogen and oxygen atoms in total. The van der Waals surface area contributed by atoms with E-state index in [1.807, 2.05) is 6.92 Å². The zero-order chi connectivity index (χ0) is 20.7. The third-order valence-electron chi connectivity index (χ3n) is 5.06. The predicted octanol–water partition coefficient (Wildman–Crippen LogP) is 1.11. The average Bonchev–Trinajstić information content (AvgIpc) is 2.91. The van der Waals surface area contributed by atoms with Crippen molar-refractivity contribution < 1.29 is 32.5 Å². The summed E-state index contributed by atoms with van der Waals surface area (Å²) >= 11 is 0. The Hall–Kier alpha value is -1.52. The van der Waals surface area contributed by atoms with Gasteiger partial charge in [0.25, 0.3) is 0 Å². The van der Waals surface area contributed by atoms with Crippen molar-refractivity contribution in [3.8, 4) is 0 Å². The van der Waals surface area contributed by atoms with Gasteiger partial charge < -0.3 is 19.3 Å². The quantitative estimate of drug-likeness (QED) is 0.696. The minimum absolute atomic E-state index is 0.0738. The average molecular weight is 413 g/mol. The molecule has 156 valence electrons. The zero-order valence-corrected chi connectivity index (χ0v) is 17.2. The molecule has 0 amide bonds. The lowest BCUT2D eigenvalue weighted by atomic mass is 9.80.